The molecule has 0 bridgehead atoms. The van der Waals surface area contributed by atoms with Crippen LogP contribution in [0.25, 0.3) is 0 Å². The molecule has 1 amide bonds. The Balaban J connectivity index is 1.76. The number of nitrogens with one attached hydrogen (secondary N) is 1. The molecule has 1 aromatic heterocycles. The largest absolute Gasteiger partial charge is 0.321 e. The van der Waals surface area contributed by atoms with Crippen molar-refractivity contribution in [1.82, 2.24) is 0 Å². The highest BCUT2D eigenvalue weighted by atomic mass is 32.1. The van der Waals surface area contributed by atoms with Crippen molar-refractivity contribution in [3.05, 3.63) is 51.2 Å². The van der Waals surface area contributed by atoms with E-state index < -0.39 is 0 Å². The Morgan fingerprint density at radius 1 is 1.25 bits per heavy atom. The van der Waals surface area contributed by atoms with Crippen LogP contribution in [0.3, 0.4) is 0 Å². The highest BCUT2D eigenvalue weighted by Gasteiger charge is 2.18. The first-order chi connectivity index (χ1) is 9.63. The number of hydrogen-bond donors (Lipinski definition) is 1. The molecule has 1 aliphatic rings. The summed E-state index contributed by atoms with van der Waals surface area (Å²) in [6, 6.07) is 10.2. The van der Waals surface area contributed by atoms with Crippen LogP contribution < -0.4 is 5.32 Å². The van der Waals surface area contributed by atoms with E-state index in [1.165, 1.54) is 22.4 Å². The molecule has 0 spiro atoms. The second-order valence-electron chi connectivity index (χ2n) is 5.65. The minimum Gasteiger partial charge on any atom is -0.321 e. The minimum atomic E-state index is 0.0188. The van der Waals surface area contributed by atoms with Crippen LogP contribution in [0.4, 0.5) is 5.69 Å². The van der Waals surface area contributed by atoms with Gasteiger partial charge in [0, 0.05) is 10.6 Å². The van der Waals surface area contributed by atoms with Gasteiger partial charge in [-0.2, -0.15) is 0 Å². The lowest BCUT2D eigenvalue weighted by molar-refractivity contribution is 0.103. The Labute approximate surface area is 123 Å². The summed E-state index contributed by atoms with van der Waals surface area (Å²) in [5, 5.41) is 3.01. The zero-order valence-corrected chi connectivity index (χ0v) is 12.7. The van der Waals surface area contributed by atoms with Crippen molar-refractivity contribution in [1.29, 1.82) is 0 Å². The molecular weight excluding hydrogens is 266 g/mol. The average molecular weight is 285 g/mol. The Morgan fingerprint density at radius 3 is 2.85 bits per heavy atom. The summed E-state index contributed by atoms with van der Waals surface area (Å²) in [5.74, 6) is 0.489. The number of anilines is 1. The van der Waals surface area contributed by atoms with Crippen LogP contribution in [0, 0.1) is 0 Å². The molecule has 0 atom stereocenters. The number of carbonyl (C=O) groups excluding carboxylic acids is 1. The first-order valence-electron chi connectivity index (χ1n) is 7.16. The maximum Gasteiger partial charge on any atom is 0.265 e. The van der Waals surface area contributed by atoms with Crippen LogP contribution in [0.2, 0.25) is 0 Å². The van der Waals surface area contributed by atoms with Crippen LogP contribution in [0.1, 0.15) is 51.9 Å². The minimum absolute atomic E-state index is 0.0188. The lowest BCUT2D eigenvalue weighted by Gasteiger charge is -2.09. The van der Waals surface area contributed by atoms with E-state index in [2.05, 4.69) is 37.4 Å². The van der Waals surface area contributed by atoms with E-state index in [1.807, 2.05) is 12.1 Å². The predicted molar refractivity (Wildman–Crippen MR) is 84.8 cm³/mol. The summed E-state index contributed by atoms with van der Waals surface area (Å²) in [6.07, 6.45) is 3.50. The van der Waals surface area contributed by atoms with Gasteiger partial charge in [-0.1, -0.05) is 26.0 Å². The molecular formula is C17H19NOS. The summed E-state index contributed by atoms with van der Waals surface area (Å²) < 4.78 is 0. The van der Waals surface area contributed by atoms with Gasteiger partial charge in [-0.25, -0.2) is 0 Å². The average Bonchev–Trinajstić information content (AvgIpc) is 2.99. The summed E-state index contributed by atoms with van der Waals surface area (Å²) in [7, 11) is 0. The first-order valence-corrected chi connectivity index (χ1v) is 7.98. The molecule has 20 heavy (non-hydrogen) atoms. The Hall–Kier alpha value is -1.61. The molecule has 0 aliphatic heterocycles. The van der Waals surface area contributed by atoms with E-state index in [-0.39, 0.29) is 5.91 Å². The third-order valence-electron chi connectivity index (χ3n) is 3.78. The molecule has 0 radical (unpaired) electrons. The van der Waals surface area contributed by atoms with E-state index in [4.69, 9.17) is 0 Å². The fourth-order valence-electron chi connectivity index (χ4n) is 2.61. The van der Waals surface area contributed by atoms with Gasteiger partial charge in [0.1, 0.15) is 0 Å². The first kappa shape index (κ1) is 13.4. The highest BCUT2D eigenvalue weighted by molar-refractivity contribution is 7.14. The van der Waals surface area contributed by atoms with E-state index in [1.54, 1.807) is 11.3 Å². The summed E-state index contributed by atoms with van der Waals surface area (Å²) in [4.78, 5) is 14.5. The monoisotopic (exact) mass is 285 g/mol. The molecule has 1 N–H and O–H groups in total. The molecule has 1 aromatic carbocycles. The lowest BCUT2D eigenvalue weighted by Crippen LogP contribution is -2.10. The van der Waals surface area contributed by atoms with Crippen LogP contribution in [-0.4, -0.2) is 5.91 Å². The maximum absolute atomic E-state index is 12.3. The van der Waals surface area contributed by atoms with Crippen molar-refractivity contribution in [2.24, 2.45) is 0 Å². The highest BCUT2D eigenvalue weighted by Crippen LogP contribution is 2.31. The van der Waals surface area contributed by atoms with Gasteiger partial charge in [-0.15, -0.1) is 11.3 Å². The Morgan fingerprint density at radius 2 is 2.10 bits per heavy atom. The second-order valence-corrected chi connectivity index (χ2v) is 6.78. The molecule has 2 aromatic rings. The predicted octanol–water partition coefficient (Wildman–Crippen LogP) is 4.61. The van der Waals surface area contributed by atoms with Crippen molar-refractivity contribution in [2.45, 2.75) is 39.0 Å². The fourth-order valence-corrected chi connectivity index (χ4v) is 3.76. The number of benzene rings is 1. The van der Waals surface area contributed by atoms with Gasteiger partial charge < -0.3 is 5.32 Å². The molecule has 1 heterocycles. The number of fused-ring (bicyclic) bond motifs is 1. The summed E-state index contributed by atoms with van der Waals surface area (Å²) in [6.45, 7) is 4.31. The smallest absolute Gasteiger partial charge is 0.265 e. The molecule has 3 heteroatoms. The number of aryl methyl sites for hydroxylation is 2. The van der Waals surface area contributed by atoms with Crippen molar-refractivity contribution < 1.29 is 4.79 Å². The van der Waals surface area contributed by atoms with Gasteiger partial charge in [-0.3, -0.25) is 4.79 Å². The van der Waals surface area contributed by atoms with Crippen LogP contribution in [-0.2, 0) is 12.8 Å². The van der Waals surface area contributed by atoms with Crippen molar-refractivity contribution in [3.8, 4) is 0 Å². The van der Waals surface area contributed by atoms with E-state index in [0.717, 1.165) is 23.4 Å². The molecule has 3 rings (SSSR count). The maximum atomic E-state index is 12.3. The van der Waals surface area contributed by atoms with Gasteiger partial charge in [0.05, 0.1) is 4.88 Å². The normalized spacial score (nSPS) is 13.6. The van der Waals surface area contributed by atoms with Gasteiger partial charge in [0.25, 0.3) is 5.91 Å². The van der Waals surface area contributed by atoms with Gasteiger partial charge in [0.2, 0.25) is 0 Å². The van der Waals surface area contributed by atoms with Crippen LogP contribution >= 0.6 is 11.3 Å². The molecule has 0 saturated heterocycles. The number of thiophene rings is 1. The quantitative estimate of drug-likeness (QED) is 0.876. The van der Waals surface area contributed by atoms with Crippen molar-refractivity contribution >= 4 is 22.9 Å². The van der Waals surface area contributed by atoms with Gasteiger partial charge in [-0.05, 0) is 54.5 Å². The van der Waals surface area contributed by atoms with Crippen molar-refractivity contribution in [3.63, 3.8) is 0 Å². The second kappa shape index (κ2) is 5.41. The lowest BCUT2D eigenvalue weighted by atomic mass is 10.0. The molecule has 1 aliphatic carbocycles. The number of carbonyl (C=O) groups is 1. The Bertz CT molecular complexity index is 621. The summed E-state index contributed by atoms with van der Waals surface area (Å²) in [5.41, 5.74) is 3.50. The van der Waals surface area contributed by atoms with E-state index in [9.17, 15) is 4.79 Å². The summed E-state index contributed by atoms with van der Waals surface area (Å²) >= 11 is 1.65. The third kappa shape index (κ3) is 2.63. The third-order valence-corrected chi connectivity index (χ3v) is 5.02. The molecule has 0 saturated carbocycles. The standard InChI is InChI=1S/C17H19NOS/c1-11(2)12-5-3-7-14(9-12)18-17(19)16-10-13-6-4-8-15(13)20-16/h3,5,7,9-11H,4,6,8H2,1-2H3,(H,18,19). The van der Waals surface area contributed by atoms with Crippen LogP contribution in [0.15, 0.2) is 30.3 Å². The van der Waals surface area contributed by atoms with Gasteiger partial charge >= 0.3 is 0 Å². The molecule has 2 nitrogen and oxygen atoms in total. The van der Waals surface area contributed by atoms with Crippen molar-refractivity contribution in [2.75, 3.05) is 5.32 Å². The zero-order valence-electron chi connectivity index (χ0n) is 11.9. The zero-order chi connectivity index (χ0) is 14.1. The van der Waals surface area contributed by atoms with Gasteiger partial charge in [0.15, 0.2) is 0 Å². The molecule has 104 valence electrons. The fraction of sp³-hybridized carbons (Fsp3) is 0.353. The van der Waals surface area contributed by atoms with E-state index >= 15 is 0 Å². The molecule has 0 unspecified atom stereocenters. The molecule has 0 fully saturated rings. The number of rotatable bonds is 3. The topological polar surface area (TPSA) is 29.1 Å². The number of hydrogen-bond acceptors (Lipinski definition) is 2. The SMILES string of the molecule is CC(C)c1cccc(NC(=O)c2cc3c(s2)CCC3)c1. The van der Waals surface area contributed by atoms with Crippen LogP contribution in [0.5, 0.6) is 0 Å². The van der Waals surface area contributed by atoms with E-state index in [0.29, 0.717) is 5.92 Å². The number of amides is 1. The Kier molecular flexibility index (Phi) is 3.62.